The van der Waals surface area contributed by atoms with Crippen LogP contribution in [0.25, 0.3) is 10.9 Å². The maximum Gasteiger partial charge on any atom is 0.162 e. The molecule has 0 radical (unpaired) electrons. The summed E-state index contributed by atoms with van der Waals surface area (Å²) in [5, 5.41) is 8.46. The smallest absolute Gasteiger partial charge is 0.162 e. The molecule has 1 saturated heterocycles. The molecule has 0 atom stereocenters. The molecule has 0 bridgehead atoms. The summed E-state index contributed by atoms with van der Waals surface area (Å²) in [6.07, 6.45) is 6.97. The van der Waals surface area contributed by atoms with E-state index in [1.165, 1.54) is 29.8 Å². The summed E-state index contributed by atoms with van der Waals surface area (Å²) in [6.45, 7) is 2.17. The van der Waals surface area contributed by atoms with Crippen LogP contribution in [0.3, 0.4) is 0 Å². The Kier molecular flexibility index (Phi) is 4.66. The van der Waals surface area contributed by atoms with Crippen molar-refractivity contribution < 1.29 is 9.47 Å². The van der Waals surface area contributed by atoms with Crippen LogP contribution in [0.1, 0.15) is 36.9 Å². The SMILES string of the molecule is COc1cc2nc3c(c(NC4CCNCC4)c2cc1OC)CCCC3. The highest BCUT2D eigenvalue weighted by molar-refractivity contribution is 5.96. The van der Waals surface area contributed by atoms with Gasteiger partial charge in [0.15, 0.2) is 11.5 Å². The lowest BCUT2D eigenvalue weighted by molar-refractivity contribution is 0.356. The molecule has 134 valence electrons. The fourth-order valence-electron chi connectivity index (χ4n) is 4.09. The molecule has 1 aromatic carbocycles. The first-order chi connectivity index (χ1) is 12.3. The number of anilines is 1. The van der Waals surface area contributed by atoms with Gasteiger partial charge in [0.25, 0.3) is 0 Å². The Morgan fingerprint density at radius 2 is 1.76 bits per heavy atom. The molecule has 1 aliphatic heterocycles. The van der Waals surface area contributed by atoms with Crippen molar-refractivity contribution in [3.8, 4) is 11.5 Å². The van der Waals surface area contributed by atoms with Gasteiger partial charge in [0.1, 0.15) is 0 Å². The molecule has 0 amide bonds. The number of fused-ring (bicyclic) bond motifs is 2. The highest BCUT2D eigenvalue weighted by Crippen LogP contribution is 2.39. The van der Waals surface area contributed by atoms with Gasteiger partial charge in [-0.25, -0.2) is 0 Å². The monoisotopic (exact) mass is 341 g/mol. The topological polar surface area (TPSA) is 55.4 Å². The lowest BCUT2D eigenvalue weighted by Crippen LogP contribution is -2.35. The maximum absolute atomic E-state index is 5.54. The van der Waals surface area contributed by atoms with Crippen molar-refractivity contribution in [1.82, 2.24) is 10.3 Å². The van der Waals surface area contributed by atoms with Gasteiger partial charge in [-0.15, -0.1) is 0 Å². The minimum absolute atomic E-state index is 0.519. The second kappa shape index (κ2) is 7.08. The van der Waals surface area contributed by atoms with E-state index in [1.54, 1.807) is 14.2 Å². The summed E-state index contributed by atoms with van der Waals surface area (Å²) in [6, 6.07) is 4.61. The van der Waals surface area contributed by atoms with Crippen LogP contribution in [-0.2, 0) is 12.8 Å². The molecule has 2 heterocycles. The Morgan fingerprint density at radius 3 is 2.52 bits per heavy atom. The van der Waals surface area contributed by atoms with E-state index in [0.717, 1.165) is 61.2 Å². The average molecular weight is 341 g/mol. The van der Waals surface area contributed by atoms with Crippen LogP contribution in [0.15, 0.2) is 12.1 Å². The Balaban J connectivity index is 1.86. The number of methoxy groups -OCH3 is 2. The van der Waals surface area contributed by atoms with Crippen LogP contribution in [0.2, 0.25) is 0 Å². The van der Waals surface area contributed by atoms with Crippen molar-refractivity contribution in [3.63, 3.8) is 0 Å². The predicted molar refractivity (Wildman–Crippen MR) is 101 cm³/mol. The summed E-state index contributed by atoms with van der Waals surface area (Å²) in [4.78, 5) is 4.97. The number of nitrogens with one attached hydrogen (secondary N) is 2. The summed E-state index contributed by atoms with van der Waals surface area (Å²) < 4.78 is 11.0. The highest BCUT2D eigenvalue weighted by atomic mass is 16.5. The Bertz CT molecular complexity index is 764. The van der Waals surface area contributed by atoms with Crippen molar-refractivity contribution in [2.24, 2.45) is 0 Å². The van der Waals surface area contributed by atoms with Gasteiger partial charge in [0, 0.05) is 28.9 Å². The average Bonchev–Trinajstić information content (AvgIpc) is 2.67. The van der Waals surface area contributed by atoms with Gasteiger partial charge in [-0.05, 0) is 63.2 Å². The summed E-state index contributed by atoms with van der Waals surface area (Å²) >= 11 is 0. The Morgan fingerprint density at radius 1 is 1.04 bits per heavy atom. The van der Waals surface area contributed by atoms with Gasteiger partial charge in [0.2, 0.25) is 0 Å². The van der Waals surface area contributed by atoms with Crippen molar-refractivity contribution in [1.29, 1.82) is 0 Å². The second-order valence-corrected chi connectivity index (χ2v) is 7.01. The molecule has 5 heteroatoms. The third kappa shape index (κ3) is 3.13. The third-order valence-corrected chi connectivity index (χ3v) is 5.45. The molecule has 0 spiro atoms. The van der Waals surface area contributed by atoms with Gasteiger partial charge in [-0.3, -0.25) is 4.98 Å². The van der Waals surface area contributed by atoms with E-state index < -0.39 is 0 Å². The van der Waals surface area contributed by atoms with Gasteiger partial charge in [-0.2, -0.15) is 0 Å². The molecule has 2 N–H and O–H groups in total. The standard InChI is InChI=1S/C20H27N3O2/c1-24-18-11-15-17(12-19(18)25-2)23-16-6-4-3-5-14(16)20(15)22-13-7-9-21-10-8-13/h11-13,21H,3-10H2,1-2H3,(H,22,23). The number of nitrogens with zero attached hydrogens (tertiary/aromatic N) is 1. The van der Waals surface area contributed by atoms with Crippen molar-refractivity contribution in [2.75, 3.05) is 32.6 Å². The van der Waals surface area contributed by atoms with Gasteiger partial charge >= 0.3 is 0 Å². The van der Waals surface area contributed by atoms with Gasteiger partial charge < -0.3 is 20.1 Å². The predicted octanol–water partition coefficient (Wildman–Crippen LogP) is 3.29. The first kappa shape index (κ1) is 16.5. The van der Waals surface area contributed by atoms with E-state index in [2.05, 4.69) is 16.7 Å². The van der Waals surface area contributed by atoms with Crippen molar-refractivity contribution >= 4 is 16.6 Å². The number of ether oxygens (including phenoxy) is 2. The van der Waals surface area contributed by atoms with E-state index in [0.29, 0.717) is 6.04 Å². The summed E-state index contributed by atoms with van der Waals surface area (Å²) in [7, 11) is 3.37. The molecule has 0 saturated carbocycles. The molecule has 2 aromatic rings. The normalized spacial score (nSPS) is 18.0. The molecular weight excluding hydrogens is 314 g/mol. The minimum Gasteiger partial charge on any atom is -0.493 e. The van der Waals surface area contributed by atoms with Crippen LogP contribution in [0, 0.1) is 0 Å². The van der Waals surface area contributed by atoms with Gasteiger partial charge in [0.05, 0.1) is 19.7 Å². The number of pyridine rings is 1. The largest absolute Gasteiger partial charge is 0.493 e. The van der Waals surface area contributed by atoms with Crippen LogP contribution in [-0.4, -0.2) is 38.3 Å². The number of benzene rings is 1. The number of hydrogen-bond acceptors (Lipinski definition) is 5. The minimum atomic E-state index is 0.519. The van der Waals surface area contributed by atoms with E-state index in [9.17, 15) is 0 Å². The summed E-state index contributed by atoms with van der Waals surface area (Å²) in [5.74, 6) is 1.51. The molecule has 1 fully saturated rings. The number of aryl methyl sites for hydroxylation is 1. The molecule has 5 nitrogen and oxygen atoms in total. The zero-order valence-corrected chi connectivity index (χ0v) is 15.2. The molecule has 0 unspecified atom stereocenters. The lowest BCUT2D eigenvalue weighted by Gasteiger charge is -2.29. The number of piperidine rings is 1. The van der Waals surface area contributed by atoms with Gasteiger partial charge in [-0.1, -0.05) is 0 Å². The van der Waals surface area contributed by atoms with Crippen LogP contribution in [0.5, 0.6) is 11.5 Å². The highest BCUT2D eigenvalue weighted by Gasteiger charge is 2.22. The fourth-order valence-corrected chi connectivity index (χ4v) is 4.09. The van der Waals surface area contributed by atoms with E-state index in [4.69, 9.17) is 14.5 Å². The number of rotatable bonds is 4. The Labute approximate surface area is 149 Å². The molecule has 2 aliphatic rings. The van der Waals surface area contributed by atoms with Crippen LogP contribution < -0.4 is 20.1 Å². The Hall–Kier alpha value is -2.01. The molecule has 1 aliphatic carbocycles. The first-order valence-electron chi connectivity index (χ1n) is 9.35. The lowest BCUT2D eigenvalue weighted by atomic mass is 9.92. The molecular formula is C20H27N3O2. The first-order valence-corrected chi connectivity index (χ1v) is 9.35. The zero-order valence-electron chi connectivity index (χ0n) is 15.2. The molecule has 4 rings (SSSR count). The second-order valence-electron chi connectivity index (χ2n) is 7.01. The molecule has 25 heavy (non-hydrogen) atoms. The van der Waals surface area contributed by atoms with E-state index in [-0.39, 0.29) is 0 Å². The van der Waals surface area contributed by atoms with E-state index in [1.807, 2.05) is 6.07 Å². The zero-order chi connectivity index (χ0) is 17.2. The van der Waals surface area contributed by atoms with Crippen LogP contribution >= 0.6 is 0 Å². The summed E-state index contributed by atoms with van der Waals surface area (Å²) in [5.41, 5.74) is 4.93. The maximum atomic E-state index is 5.54. The number of aromatic nitrogens is 1. The van der Waals surface area contributed by atoms with E-state index >= 15 is 0 Å². The molecule has 1 aromatic heterocycles. The van der Waals surface area contributed by atoms with Crippen molar-refractivity contribution in [3.05, 3.63) is 23.4 Å². The fraction of sp³-hybridized carbons (Fsp3) is 0.550. The van der Waals surface area contributed by atoms with Crippen LogP contribution in [0.4, 0.5) is 5.69 Å². The third-order valence-electron chi connectivity index (χ3n) is 5.45. The quantitative estimate of drug-likeness (QED) is 0.894. The number of hydrogen-bond donors (Lipinski definition) is 2. The van der Waals surface area contributed by atoms with Crippen molar-refractivity contribution in [2.45, 2.75) is 44.6 Å².